The van der Waals surface area contributed by atoms with Gasteiger partial charge in [0.1, 0.15) is 41.9 Å². The highest BCUT2D eigenvalue weighted by molar-refractivity contribution is 7.44. The fourth-order valence-corrected chi connectivity index (χ4v) is 9.46. The fourth-order valence-electron chi connectivity index (χ4n) is 7.70. The summed E-state index contributed by atoms with van der Waals surface area (Å²) in [6, 6.07) is 35.8. The number of hydrogen-bond acceptors (Lipinski definition) is 13. The summed E-state index contributed by atoms with van der Waals surface area (Å²) in [5, 5.41) is 12.1. The molecule has 15 nitrogen and oxygen atoms in total. The molecule has 0 radical (unpaired) electrons. The number of methoxy groups -OCH3 is 2. The van der Waals surface area contributed by atoms with E-state index in [1.54, 1.807) is 44.6 Å². The van der Waals surface area contributed by atoms with E-state index < -0.39 is 50.1 Å². The first-order valence-corrected chi connectivity index (χ1v) is 22.5. The Hall–Kier alpha value is -5.98. The van der Waals surface area contributed by atoms with Crippen LogP contribution in [0.15, 0.2) is 120 Å². The fraction of sp³-hybridized carbons (Fsp3) is 0.367. The summed E-state index contributed by atoms with van der Waals surface area (Å²) < 4.78 is 47.4. The molecule has 1 saturated heterocycles. The number of ether oxygens (including phenoxy) is 5. The van der Waals surface area contributed by atoms with E-state index in [9.17, 15) is 19.6 Å². The molecule has 1 aliphatic rings. The van der Waals surface area contributed by atoms with Crippen LogP contribution >= 0.6 is 8.53 Å². The average molecular weight is 906 g/mol. The van der Waals surface area contributed by atoms with Crippen LogP contribution in [0.4, 0.5) is 5.82 Å². The molecule has 16 heteroatoms. The highest BCUT2D eigenvalue weighted by atomic mass is 31.2. The lowest BCUT2D eigenvalue weighted by molar-refractivity contribution is -0.142. The normalized spacial score (nSPS) is 16.6. The second-order valence-corrected chi connectivity index (χ2v) is 17.2. The second-order valence-electron chi connectivity index (χ2n) is 15.8. The van der Waals surface area contributed by atoms with Crippen LogP contribution in [0, 0.1) is 11.3 Å². The number of carbonyl (C=O) groups is 2. The lowest BCUT2D eigenvalue weighted by Gasteiger charge is -2.39. The van der Waals surface area contributed by atoms with E-state index in [1.807, 2.05) is 107 Å². The molecule has 65 heavy (non-hydrogen) atoms. The Morgan fingerprint density at radius 1 is 0.892 bits per heavy atom. The highest BCUT2D eigenvalue weighted by Crippen LogP contribution is 2.51. The molecule has 1 aliphatic heterocycles. The molecule has 4 aromatic carbocycles. The first-order chi connectivity index (χ1) is 31.4. The van der Waals surface area contributed by atoms with Crippen LogP contribution in [-0.2, 0) is 40.3 Å². The van der Waals surface area contributed by atoms with Crippen LogP contribution in [0.1, 0.15) is 86.3 Å². The van der Waals surface area contributed by atoms with Gasteiger partial charge in [0.2, 0.25) is 0 Å². The van der Waals surface area contributed by atoms with Gasteiger partial charge < -0.3 is 38.0 Å². The Bertz CT molecular complexity index is 2370. The third kappa shape index (κ3) is 11.8. The van der Waals surface area contributed by atoms with Crippen LogP contribution in [-0.4, -0.2) is 77.8 Å². The summed E-state index contributed by atoms with van der Waals surface area (Å²) in [6.07, 6.45) is -0.717. The van der Waals surface area contributed by atoms with Crippen LogP contribution < -0.4 is 20.5 Å². The average Bonchev–Trinajstić information content (AvgIpc) is 3.71. The van der Waals surface area contributed by atoms with Gasteiger partial charge in [-0.05, 0) is 80.8 Å². The quantitative estimate of drug-likeness (QED) is 0.0322. The molecule has 1 unspecified atom stereocenters. The number of rotatable bonds is 21. The van der Waals surface area contributed by atoms with E-state index in [2.05, 4.69) is 21.0 Å². The maximum atomic E-state index is 14.1. The van der Waals surface area contributed by atoms with Crippen molar-refractivity contribution in [3.05, 3.63) is 154 Å². The van der Waals surface area contributed by atoms with E-state index in [-0.39, 0.29) is 56.1 Å². The summed E-state index contributed by atoms with van der Waals surface area (Å²) in [6.45, 7) is 9.26. The molecule has 1 N–H and O–H groups in total. The standard InChI is InChI=1S/C49H56N5O10P/c1-33(2)54(34(3)4)65(62-28-14-27-50)64-43-29-45(53-30-37(31-60-35(5)55)46(52-48(53)57)51-47(56)36-15-10-8-11-16-36)63-44(43)32-61-49(38-17-12-9-13-18-38,39-19-23-41(58-6)24-20-39)40-21-25-42(59-7)26-22-40/h8-13,15-26,30,33-34,43-45H,14,28-29,31-32H2,1-7H3,(H,51,52,56,57)/t43-,44+,45+,65?/m0/s1. The molecule has 2 heterocycles. The number of nitrogens with zero attached hydrogens (tertiary/aromatic N) is 4. The predicted octanol–water partition coefficient (Wildman–Crippen LogP) is 8.53. The van der Waals surface area contributed by atoms with Gasteiger partial charge in [-0.25, -0.2) is 9.46 Å². The number of amides is 1. The van der Waals surface area contributed by atoms with Crippen molar-refractivity contribution in [2.75, 3.05) is 32.8 Å². The van der Waals surface area contributed by atoms with E-state index in [0.29, 0.717) is 17.1 Å². The molecular weight excluding hydrogens is 850 g/mol. The van der Waals surface area contributed by atoms with E-state index >= 15 is 0 Å². The lowest BCUT2D eigenvalue weighted by Crippen LogP contribution is -2.39. The number of carbonyl (C=O) groups excluding carboxylic acids is 2. The predicted molar refractivity (Wildman–Crippen MR) is 245 cm³/mol. The zero-order valence-corrected chi connectivity index (χ0v) is 38.6. The van der Waals surface area contributed by atoms with Gasteiger partial charge in [-0.1, -0.05) is 72.8 Å². The summed E-state index contributed by atoms with van der Waals surface area (Å²) in [5.74, 6) is 0.220. The number of hydrogen-bond donors (Lipinski definition) is 1. The summed E-state index contributed by atoms with van der Waals surface area (Å²) in [4.78, 5) is 43.6. The maximum Gasteiger partial charge on any atom is 0.351 e. The minimum atomic E-state index is -1.78. The molecule has 1 amide bonds. The van der Waals surface area contributed by atoms with Crippen molar-refractivity contribution in [3.63, 3.8) is 0 Å². The van der Waals surface area contributed by atoms with E-state index in [0.717, 1.165) is 16.7 Å². The van der Waals surface area contributed by atoms with Gasteiger partial charge in [-0.3, -0.25) is 14.2 Å². The number of aromatic nitrogens is 2. The molecule has 4 atom stereocenters. The number of anilines is 1. The van der Waals surface area contributed by atoms with Crippen molar-refractivity contribution in [3.8, 4) is 17.6 Å². The lowest BCUT2D eigenvalue weighted by atomic mass is 9.80. The van der Waals surface area contributed by atoms with E-state index in [1.165, 1.54) is 17.7 Å². The SMILES string of the molecule is COc1ccc(C(OC[C@H]2O[C@@H](n3cc(COC(C)=O)c(NC(=O)c4ccccc4)nc3=O)C[C@@H]2OP(OCCC#N)N(C(C)C)C(C)C)(c2ccccc2)c2ccc(OC)cc2)cc1. The first kappa shape index (κ1) is 48.5. The topological polar surface area (TPSA) is 173 Å². The van der Waals surface area contributed by atoms with Gasteiger partial charge in [0.15, 0.2) is 0 Å². The van der Waals surface area contributed by atoms with Gasteiger partial charge in [-0.15, -0.1) is 0 Å². The van der Waals surface area contributed by atoms with Gasteiger partial charge in [0.05, 0.1) is 46.0 Å². The summed E-state index contributed by atoms with van der Waals surface area (Å²) >= 11 is 0. The number of esters is 1. The molecule has 0 saturated carbocycles. The smallest absolute Gasteiger partial charge is 0.351 e. The third-order valence-electron chi connectivity index (χ3n) is 10.7. The molecule has 6 rings (SSSR count). The molecule has 5 aromatic rings. The van der Waals surface area contributed by atoms with Crippen molar-refractivity contribution >= 4 is 26.2 Å². The zero-order valence-electron chi connectivity index (χ0n) is 37.7. The van der Waals surface area contributed by atoms with Gasteiger partial charge in [0.25, 0.3) is 14.4 Å². The third-order valence-corrected chi connectivity index (χ3v) is 12.9. The van der Waals surface area contributed by atoms with Crippen LogP contribution in [0.3, 0.4) is 0 Å². The second kappa shape index (κ2) is 22.8. The molecule has 0 spiro atoms. The first-order valence-electron chi connectivity index (χ1n) is 21.4. The number of nitriles is 1. The van der Waals surface area contributed by atoms with Crippen LogP contribution in [0.25, 0.3) is 0 Å². The van der Waals surface area contributed by atoms with Crippen LogP contribution in [0.5, 0.6) is 11.5 Å². The summed E-state index contributed by atoms with van der Waals surface area (Å²) in [5.41, 5.74) is 1.12. The Morgan fingerprint density at radius 3 is 2.00 bits per heavy atom. The Labute approximate surface area is 381 Å². The van der Waals surface area contributed by atoms with Gasteiger partial charge in [-0.2, -0.15) is 10.2 Å². The van der Waals surface area contributed by atoms with Crippen molar-refractivity contribution in [2.24, 2.45) is 0 Å². The maximum absolute atomic E-state index is 14.1. The van der Waals surface area contributed by atoms with Gasteiger partial charge in [0, 0.05) is 42.8 Å². The molecular formula is C49H56N5O10P. The zero-order chi connectivity index (χ0) is 46.5. The van der Waals surface area contributed by atoms with Crippen molar-refractivity contribution < 1.29 is 42.3 Å². The highest BCUT2D eigenvalue weighted by Gasteiger charge is 2.45. The van der Waals surface area contributed by atoms with Crippen molar-refractivity contribution in [2.45, 2.75) is 90.2 Å². The largest absolute Gasteiger partial charge is 0.497 e. The molecule has 0 aliphatic carbocycles. The van der Waals surface area contributed by atoms with Crippen molar-refractivity contribution in [1.29, 1.82) is 5.26 Å². The molecule has 0 bridgehead atoms. The van der Waals surface area contributed by atoms with Crippen molar-refractivity contribution in [1.82, 2.24) is 14.2 Å². The Morgan fingerprint density at radius 2 is 1.46 bits per heavy atom. The van der Waals surface area contributed by atoms with Crippen LogP contribution in [0.2, 0.25) is 0 Å². The minimum Gasteiger partial charge on any atom is -0.497 e. The molecule has 1 aromatic heterocycles. The molecule has 342 valence electrons. The number of benzene rings is 4. The monoisotopic (exact) mass is 905 g/mol. The molecule has 1 fully saturated rings. The minimum absolute atomic E-state index is 0.00110. The number of nitrogens with one attached hydrogen (secondary N) is 1. The summed E-state index contributed by atoms with van der Waals surface area (Å²) in [7, 11) is 1.45. The Balaban J connectivity index is 1.44. The Kier molecular flexibility index (Phi) is 17.0. The van der Waals surface area contributed by atoms with Gasteiger partial charge >= 0.3 is 11.7 Å². The van der Waals surface area contributed by atoms with E-state index in [4.69, 9.17) is 32.7 Å².